The minimum atomic E-state index is -3.32. The van der Waals surface area contributed by atoms with E-state index in [0.29, 0.717) is 12.2 Å². The van der Waals surface area contributed by atoms with Gasteiger partial charge in [0.15, 0.2) is 0 Å². The lowest BCUT2D eigenvalue weighted by molar-refractivity contribution is 0.584. The van der Waals surface area contributed by atoms with Crippen LogP contribution in [0.3, 0.4) is 0 Å². The Morgan fingerprint density at radius 3 is 2.78 bits per heavy atom. The van der Waals surface area contributed by atoms with Gasteiger partial charge in [0.25, 0.3) is 0 Å². The van der Waals surface area contributed by atoms with Gasteiger partial charge in [0, 0.05) is 13.1 Å². The van der Waals surface area contributed by atoms with Crippen molar-refractivity contribution in [3.63, 3.8) is 0 Å². The maximum Gasteiger partial charge on any atom is 0.213 e. The monoisotopic (exact) mass is 271 g/mol. The molecule has 0 aliphatic carbocycles. The van der Waals surface area contributed by atoms with Gasteiger partial charge < -0.3 is 5.32 Å². The second-order valence-corrected chi connectivity index (χ2v) is 5.44. The third-order valence-corrected chi connectivity index (χ3v) is 3.65. The molecular weight excluding hydrogens is 257 g/mol. The highest BCUT2D eigenvalue weighted by Gasteiger charge is 2.10. The van der Waals surface area contributed by atoms with E-state index >= 15 is 0 Å². The number of benzene rings is 1. The van der Waals surface area contributed by atoms with Crippen molar-refractivity contribution in [2.24, 2.45) is 0 Å². The number of hydrogen-bond donors (Lipinski definition) is 2. The largest absolute Gasteiger partial charge is 0.383 e. The second kappa shape index (κ2) is 6.33. The average Bonchev–Trinajstić information content (AvgIpc) is 2.29. The van der Waals surface area contributed by atoms with Crippen LogP contribution in [0.4, 0.5) is 10.1 Å². The molecule has 2 N–H and O–H groups in total. The highest BCUT2D eigenvalue weighted by Crippen LogP contribution is 2.17. The maximum absolute atomic E-state index is 13.2. The highest BCUT2D eigenvalue weighted by molar-refractivity contribution is 7.89. The summed E-state index contributed by atoms with van der Waals surface area (Å²) in [4.78, 5) is 0. The Bertz CT molecular complexity index is 552. The lowest BCUT2D eigenvalue weighted by Gasteiger charge is -2.09. The topological polar surface area (TPSA) is 82.0 Å². The summed E-state index contributed by atoms with van der Waals surface area (Å²) in [5.74, 6) is -0.764. The molecule has 0 amide bonds. The molecule has 18 heavy (non-hydrogen) atoms. The molecule has 1 aromatic carbocycles. The molecule has 0 unspecified atom stereocenters. The van der Waals surface area contributed by atoms with Crippen LogP contribution in [0, 0.1) is 17.1 Å². The third-order valence-electron chi connectivity index (χ3n) is 2.18. The van der Waals surface area contributed by atoms with Crippen LogP contribution in [0.1, 0.15) is 12.5 Å². The fourth-order valence-corrected chi connectivity index (χ4v) is 2.35. The molecule has 0 aliphatic heterocycles. The molecule has 1 rings (SSSR count). The van der Waals surface area contributed by atoms with Crippen molar-refractivity contribution >= 4 is 15.7 Å². The molecule has 1 aromatic rings. The Hall–Kier alpha value is -1.65. The summed E-state index contributed by atoms with van der Waals surface area (Å²) >= 11 is 0. The van der Waals surface area contributed by atoms with Gasteiger partial charge in [-0.1, -0.05) is 13.0 Å². The van der Waals surface area contributed by atoms with Crippen molar-refractivity contribution in [2.75, 3.05) is 24.2 Å². The smallest absolute Gasteiger partial charge is 0.213 e. The van der Waals surface area contributed by atoms with Crippen LogP contribution >= 0.6 is 0 Å². The van der Waals surface area contributed by atoms with Crippen molar-refractivity contribution in [3.8, 4) is 6.07 Å². The number of rotatable bonds is 6. The third kappa shape index (κ3) is 3.98. The van der Waals surface area contributed by atoms with E-state index in [0.717, 1.165) is 0 Å². The van der Waals surface area contributed by atoms with E-state index in [1.807, 2.05) is 0 Å². The van der Waals surface area contributed by atoms with Gasteiger partial charge in [-0.3, -0.25) is 0 Å². The first-order valence-electron chi connectivity index (χ1n) is 5.40. The Kier molecular flexibility index (Phi) is 5.07. The van der Waals surface area contributed by atoms with Gasteiger partial charge in [-0.15, -0.1) is 0 Å². The zero-order valence-electron chi connectivity index (χ0n) is 9.90. The molecule has 0 spiro atoms. The van der Waals surface area contributed by atoms with Crippen LogP contribution in [-0.2, 0) is 10.0 Å². The van der Waals surface area contributed by atoms with Gasteiger partial charge in [0.05, 0.1) is 11.4 Å². The first kappa shape index (κ1) is 14.4. The predicted molar refractivity (Wildman–Crippen MR) is 67.1 cm³/mol. The van der Waals surface area contributed by atoms with Crippen LogP contribution in [0.25, 0.3) is 0 Å². The minimum Gasteiger partial charge on any atom is -0.383 e. The summed E-state index contributed by atoms with van der Waals surface area (Å²) < 4.78 is 38.3. The molecule has 0 saturated heterocycles. The Labute approximate surface area is 106 Å². The summed E-state index contributed by atoms with van der Waals surface area (Å²) in [7, 11) is -3.32. The second-order valence-electron chi connectivity index (χ2n) is 3.52. The Balaban J connectivity index is 2.66. The van der Waals surface area contributed by atoms with Gasteiger partial charge >= 0.3 is 0 Å². The van der Waals surface area contributed by atoms with Crippen LogP contribution in [0.2, 0.25) is 0 Å². The lowest BCUT2D eigenvalue weighted by Crippen LogP contribution is -2.29. The van der Waals surface area contributed by atoms with E-state index in [-0.39, 0.29) is 17.9 Å². The zero-order chi connectivity index (χ0) is 13.6. The standard InChI is InChI=1S/C11H14FN3O2S/c1-2-15-18(16,17)7-6-14-11-5-3-4-10(12)9(11)8-13/h3-5,14-15H,2,6-7H2,1H3. The first-order valence-corrected chi connectivity index (χ1v) is 7.05. The summed E-state index contributed by atoms with van der Waals surface area (Å²) in [6.45, 7) is 2.12. The molecule has 0 bridgehead atoms. The quantitative estimate of drug-likeness (QED) is 0.810. The summed E-state index contributed by atoms with van der Waals surface area (Å²) in [6, 6.07) is 5.90. The van der Waals surface area contributed by atoms with E-state index in [1.54, 1.807) is 13.0 Å². The van der Waals surface area contributed by atoms with Crippen molar-refractivity contribution < 1.29 is 12.8 Å². The number of nitrogens with zero attached hydrogens (tertiary/aromatic N) is 1. The Morgan fingerprint density at radius 2 is 2.17 bits per heavy atom. The molecule has 0 fully saturated rings. The van der Waals surface area contributed by atoms with Gasteiger partial charge in [-0.05, 0) is 12.1 Å². The van der Waals surface area contributed by atoms with Gasteiger partial charge in [0.1, 0.15) is 17.4 Å². The minimum absolute atomic E-state index is 0.105. The predicted octanol–water partition coefficient (Wildman–Crippen LogP) is 1.05. The van der Waals surface area contributed by atoms with Crippen LogP contribution in [-0.4, -0.2) is 27.3 Å². The van der Waals surface area contributed by atoms with Crippen molar-refractivity contribution in [1.29, 1.82) is 5.26 Å². The normalized spacial score (nSPS) is 10.9. The maximum atomic E-state index is 13.2. The molecule has 0 radical (unpaired) electrons. The summed E-state index contributed by atoms with van der Waals surface area (Å²) in [6.07, 6.45) is 0. The summed E-state index contributed by atoms with van der Waals surface area (Å²) in [5, 5.41) is 11.5. The molecule has 0 atom stereocenters. The van der Waals surface area contributed by atoms with Gasteiger partial charge in [-0.25, -0.2) is 17.5 Å². The highest BCUT2D eigenvalue weighted by atomic mass is 32.2. The van der Waals surface area contributed by atoms with Crippen molar-refractivity contribution in [2.45, 2.75) is 6.92 Å². The number of nitrogens with one attached hydrogen (secondary N) is 2. The van der Waals surface area contributed by atoms with E-state index in [2.05, 4.69) is 10.0 Å². The van der Waals surface area contributed by atoms with Crippen LogP contribution < -0.4 is 10.0 Å². The molecule has 0 heterocycles. The molecule has 98 valence electrons. The average molecular weight is 271 g/mol. The molecule has 0 aliphatic rings. The van der Waals surface area contributed by atoms with Gasteiger partial charge in [-0.2, -0.15) is 5.26 Å². The fourth-order valence-electron chi connectivity index (χ4n) is 1.40. The molecular formula is C11H14FN3O2S. The first-order chi connectivity index (χ1) is 8.50. The van der Waals surface area contributed by atoms with Crippen LogP contribution in [0.5, 0.6) is 0 Å². The fraction of sp³-hybridized carbons (Fsp3) is 0.364. The molecule has 0 aromatic heterocycles. The number of anilines is 1. The number of sulfonamides is 1. The number of hydrogen-bond acceptors (Lipinski definition) is 4. The van der Waals surface area contributed by atoms with Crippen molar-refractivity contribution in [1.82, 2.24) is 4.72 Å². The number of nitriles is 1. The van der Waals surface area contributed by atoms with E-state index in [4.69, 9.17) is 5.26 Å². The zero-order valence-corrected chi connectivity index (χ0v) is 10.7. The van der Waals surface area contributed by atoms with Crippen LogP contribution in [0.15, 0.2) is 18.2 Å². The SMILES string of the molecule is CCNS(=O)(=O)CCNc1cccc(F)c1C#N. The van der Waals surface area contributed by atoms with E-state index in [9.17, 15) is 12.8 Å². The van der Waals surface area contributed by atoms with Crippen molar-refractivity contribution in [3.05, 3.63) is 29.6 Å². The molecule has 5 nitrogen and oxygen atoms in total. The molecule has 0 saturated carbocycles. The number of halogens is 1. The van der Waals surface area contributed by atoms with E-state index in [1.165, 1.54) is 18.2 Å². The molecule has 7 heteroatoms. The Morgan fingerprint density at radius 1 is 1.44 bits per heavy atom. The lowest BCUT2D eigenvalue weighted by atomic mass is 10.2. The van der Waals surface area contributed by atoms with E-state index < -0.39 is 15.8 Å². The van der Waals surface area contributed by atoms with Gasteiger partial charge in [0.2, 0.25) is 10.0 Å². The summed E-state index contributed by atoms with van der Waals surface area (Å²) in [5.41, 5.74) is 0.183.